The Morgan fingerprint density at radius 3 is 2.67 bits per heavy atom. The Labute approximate surface area is 139 Å². The Bertz CT molecular complexity index is 912. The van der Waals surface area contributed by atoms with Crippen LogP contribution in [0.5, 0.6) is 0 Å². The molecule has 4 heteroatoms. The monoisotopic (exact) mass is 320 g/mol. The summed E-state index contributed by atoms with van der Waals surface area (Å²) >= 11 is 0. The minimum Gasteiger partial charge on any atom is -0.294 e. The molecule has 3 nitrogen and oxygen atoms in total. The number of Topliss-reactive ketones (excluding diaryl/α,β-unsaturated/α-hetero) is 1. The van der Waals surface area contributed by atoms with Gasteiger partial charge < -0.3 is 0 Å². The summed E-state index contributed by atoms with van der Waals surface area (Å²) in [7, 11) is 0. The number of nitrogens with zero attached hydrogens (tertiary/aromatic N) is 2. The number of rotatable bonds is 2. The van der Waals surface area contributed by atoms with Crippen LogP contribution in [0.3, 0.4) is 0 Å². The zero-order valence-electron chi connectivity index (χ0n) is 13.4. The molecule has 0 amide bonds. The van der Waals surface area contributed by atoms with Crippen LogP contribution < -0.4 is 0 Å². The van der Waals surface area contributed by atoms with E-state index in [1.54, 1.807) is 18.3 Å². The largest absolute Gasteiger partial charge is 0.294 e. The van der Waals surface area contributed by atoms with Gasteiger partial charge in [0, 0.05) is 6.42 Å². The molecule has 0 fully saturated rings. The van der Waals surface area contributed by atoms with Crippen LogP contribution in [-0.2, 0) is 6.42 Å². The molecule has 1 aliphatic carbocycles. The highest BCUT2D eigenvalue weighted by Gasteiger charge is 2.30. The SMILES string of the molecule is Cc1cccc(-n2ncc3c2C[C@@H](c2ccc(F)cc2)CC3=O)c1. The van der Waals surface area contributed by atoms with Gasteiger partial charge in [-0.05, 0) is 54.7 Å². The first kappa shape index (κ1) is 14.8. The number of fused-ring (bicyclic) bond motifs is 1. The van der Waals surface area contributed by atoms with Crippen LogP contribution in [-0.4, -0.2) is 15.6 Å². The van der Waals surface area contributed by atoms with Crippen LogP contribution in [0.2, 0.25) is 0 Å². The molecule has 1 atom stereocenters. The van der Waals surface area contributed by atoms with Crippen LogP contribution in [0.15, 0.2) is 54.7 Å². The van der Waals surface area contributed by atoms with Gasteiger partial charge in [-0.2, -0.15) is 5.10 Å². The van der Waals surface area contributed by atoms with Crippen molar-refractivity contribution >= 4 is 5.78 Å². The smallest absolute Gasteiger partial charge is 0.166 e. The molecule has 0 bridgehead atoms. The molecular formula is C20H17FN2O. The molecule has 4 rings (SSSR count). The third kappa shape index (κ3) is 2.54. The fraction of sp³-hybridized carbons (Fsp3) is 0.200. The zero-order valence-corrected chi connectivity index (χ0v) is 13.4. The van der Waals surface area contributed by atoms with Gasteiger partial charge in [-0.1, -0.05) is 24.3 Å². The van der Waals surface area contributed by atoms with Crippen molar-refractivity contribution in [2.24, 2.45) is 0 Å². The van der Waals surface area contributed by atoms with Gasteiger partial charge >= 0.3 is 0 Å². The molecule has 0 aliphatic heterocycles. The van der Waals surface area contributed by atoms with Crippen LogP contribution in [0.25, 0.3) is 5.69 Å². The molecule has 0 unspecified atom stereocenters. The second kappa shape index (κ2) is 5.71. The molecule has 0 saturated heterocycles. The fourth-order valence-electron chi connectivity index (χ4n) is 3.40. The van der Waals surface area contributed by atoms with Crippen molar-refractivity contribution in [1.82, 2.24) is 9.78 Å². The normalized spacial score (nSPS) is 16.9. The third-order valence-corrected chi connectivity index (χ3v) is 4.63. The highest BCUT2D eigenvalue weighted by Crippen LogP contribution is 2.33. The number of aromatic nitrogens is 2. The number of halogens is 1. The lowest BCUT2D eigenvalue weighted by Gasteiger charge is -2.23. The average molecular weight is 320 g/mol. The molecule has 0 spiro atoms. The minimum atomic E-state index is -0.258. The van der Waals surface area contributed by atoms with Gasteiger partial charge in [0.1, 0.15) is 5.82 Å². The maximum Gasteiger partial charge on any atom is 0.166 e. The fourth-order valence-corrected chi connectivity index (χ4v) is 3.40. The van der Waals surface area contributed by atoms with Gasteiger partial charge in [0.25, 0.3) is 0 Å². The summed E-state index contributed by atoms with van der Waals surface area (Å²) in [5, 5.41) is 4.44. The number of benzene rings is 2. The number of carbonyl (C=O) groups is 1. The third-order valence-electron chi connectivity index (χ3n) is 4.63. The molecule has 2 aromatic carbocycles. The predicted molar refractivity (Wildman–Crippen MR) is 90.1 cm³/mol. The highest BCUT2D eigenvalue weighted by atomic mass is 19.1. The van der Waals surface area contributed by atoms with E-state index >= 15 is 0 Å². The van der Waals surface area contributed by atoms with Crippen LogP contribution >= 0.6 is 0 Å². The molecule has 1 aromatic heterocycles. The van der Waals surface area contributed by atoms with Crippen molar-refractivity contribution in [2.45, 2.75) is 25.7 Å². The lowest BCUT2D eigenvalue weighted by molar-refractivity contribution is 0.0964. The molecule has 24 heavy (non-hydrogen) atoms. The second-order valence-electron chi connectivity index (χ2n) is 6.34. The van der Waals surface area contributed by atoms with E-state index in [1.807, 2.05) is 29.8 Å². The summed E-state index contributed by atoms with van der Waals surface area (Å²) in [4.78, 5) is 12.5. The summed E-state index contributed by atoms with van der Waals surface area (Å²) in [6.45, 7) is 2.03. The van der Waals surface area contributed by atoms with E-state index in [9.17, 15) is 9.18 Å². The van der Waals surface area contributed by atoms with Gasteiger partial charge in [0.15, 0.2) is 5.78 Å². The Kier molecular flexibility index (Phi) is 3.53. The van der Waals surface area contributed by atoms with E-state index < -0.39 is 0 Å². The van der Waals surface area contributed by atoms with Crippen molar-refractivity contribution in [1.29, 1.82) is 0 Å². The Morgan fingerprint density at radius 2 is 1.92 bits per heavy atom. The number of ketones is 1. The summed E-state index contributed by atoms with van der Waals surface area (Å²) in [6.07, 6.45) is 2.83. The number of hydrogen-bond acceptors (Lipinski definition) is 2. The molecule has 1 heterocycles. The standard InChI is InChI=1S/C20H17FN2O/c1-13-3-2-4-17(9-13)23-19-10-15(11-20(24)18(19)12-22-23)14-5-7-16(21)8-6-14/h2-9,12,15H,10-11H2,1H3/t15-/m1/s1. The van der Waals surface area contributed by atoms with Gasteiger partial charge in [-0.15, -0.1) is 0 Å². The Hall–Kier alpha value is -2.75. The number of aryl methyl sites for hydroxylation is 1. The Morgan fingerprint density at radius 1 is 1.12 bits per heavy atom. The molecular weight excluding hydrogens is 303 g/mol. The van der Waals surface area contributed by atoms with Gasteiger partial charge in [0.2, 0.25) is 0 Å². The molecule has 0 radical (unpaired) electrons. The average Bonchev–Trinajstić information content (AvgIpc) is 3.00. The first-order chi connectivity index (χ1) is 11.6. The maximum absolute atomic E-state index is 13.2. The summed E-state index contributed by atoms with van der Waals surface area (Å²) in [6, 6.07) is 14.5. The van der Waals surface area contributed by atoms with Crippen molar-refractivity contribution in [3.63, 3.8) is 0 Å². The number of hydrogen-bond donors (Lipinski definition) is 0. The van der Waals surface area contributed by atoms with Crippen molar-refractivity contribution in [3.8, 4) is 5.69 Å². The van der Waals surface area contributed by atoms with E-state index in [2.05, 4.69) is 11.2 Å². The molecule has 0 N–H and O–H groups in total. The zero-order chi connectivity index (χ0) is 16.7. The first-order valence-electron chi connectivity index (χ1n) is 8.04. The van der Waals surface area contributed by atoms with Crippen LogP contribution in [0.4, 0.5) is 4.39 Å². The van der Waals surface area contributed by atoms with Crippen LogP contribution in [0, 0.1) is 12.7 Å². The van der Waals surface area contributed by atoms with Gasteiger partial charge in [-0.25, -0.2) is 9.07 Å². The quantitative estimate of drug-likeness (QED) is 0.708. The summed E-state index contributed by atoms with van der Waals surface area (Å²) < 4.78 is 15.0. The van der Waals surface area contributed by atoms with Gasteiger partial charge in [0.05, 0.1) is 23.1 Å². The van der Waals surface area contributed by atoms with E-state index in [0.717, 1.165) is 28.9 Å². The van der Waals surface area contributed by atoms with E-state index in [4.69, 9.17) is 0 Å². The topological polar surface area (TPSA) is 34.9 Å². The maximum atomic E-state index is 13.2. The van der Waals surface area contributed by atoms with Crippen molar-refractivity contribution < 1.29 is 9.18 Å². The predicted octanol–water partition coefficient (Wildman–Crippen LogP) is 4.23. The number of carbonyl (C=O) groups excluding carboxylic acids is 1. The molecule has 3 aromatic rings. The lowest BCUT2D eigenvalue weighted by Crippen LogP contribution is -2.20. The summed E-state index contributed by atoms with van der Waals surface area (Å²) in [5.41, 5.74) is 4.74. The van der Waals surface area contributed by atoms with Gasteiger partial charge in [-0.3, -0.25) is 4.79 Å². The molecule has 120 valence electrons. The highest BCUT2D eigenvalue weighted by molar-refractivity contribution is 5.98. The Balaban J connectivity index is 1.75. The van der Waals surface area contributed by atoms with E-state index in [-0.39, 0.29) is 17.5 Å². The van der Waals surface area contributed by atoms with Crippen molar-refractivity contribution in [2.75, 3.05) is 0 Å². The first-order valence-corrected chi connectivity index (χ1v) is 8.04. The minimum absolute atomic E-state index is 0.0610. The van der Waals surface area contributed by atoms with E-state index in [0.29, 0.717) is 12.0 Å². The lowest BCUT2D eigenvalue weighted by atomic mass is 9.82. The van der Waals surface area contributed by atoms with E-state index in [1.165, 1.54) is 12.1 Å². The summed E-state index contributed by atoms with van der Waals surface area (Å²) in [5.74, 6) is -0.0956. The van der Waals surface area contributed by atoms with Crippen molar-refractivity contribution in [3.05, 3.63) is 82.9 Å². The molecule has 1 aliphatic rings. The second-order valence-corrected chi connectivity index (χ2v) is 6.34. The van der Waals surface area contributed by atoms with Crippen LogP contribution in [0.1, 0.15) is 39.5 Å². The molecule has 0 saturated carbocycles.